The second kappa shape index (κ2) is 2.80. The van der Waals surface area contributed by atoms with Crippen LogP contribution < -0.4 is 0 Å². The lowest BCUT2D eigenvalue weighted by Crippen LogP contribution is -2.42. The van der Waals surface area contributed by atoms with E-state index in [4.69, 9.17) is 0 Å². The highest BCUT2D eigenvalue weighted by molar-refractivity contribution is 5.88. The van der Waals surface area contributed by atoms with Crippen molar-refractivity contribution in [2.24, 2.45) is 28.6 Å². The molecular weight excluding hydrogens is 196 g/mol. The normalized spacial score (nSPS) is 49.1. The largest absolute Gasteiger partial charge is 0.299 e. The number of ketones is 1. The van der Waals surface area contributed by atoms with Gasteiger partial charge in [0, 0.05) is 11.8 Å². The van der Waals surface area contributed by atoms with Crippen LogP contribution in [0.25, 0.3) is 0 Å². The summed E-state index contributed by atoms with van der Waals surface area (Å²) in [6.45, 7) is 9.24. The van der Waals surface area contributed by atoms with Crippen LogP contribution in [0.5, 0.6) is 0 Å². The molecule has 0 radical (unpaired) electrons. The lowest BCUT2D eigenvalue weighted by Gasteiger charge is -2.43. The fourth-order valence-electron chi connectivity index (χ4n) is 4.72. The van der Waals surface area contributed by atoms with Crippen molar-refractivity contribution in [3.63, 3.8) is 0 Å². The molecule has 1 nitrogen and oxygen atoms in total. The van der Waals surface area contributed by atoms with Gasteiger partial charge in [-0.1, -0.05) is 32.4 Å². The van der Waals surface area contributed by atoms with Crippen molar-refractivity contribution in [3.05, 3.63) is 11.6 Å². The zero-order valence-electron chi connectivity index (χ0n) is 10.8. The average Bonchev–Trinajstić information content (AvgIpc) is 2.76. The van der Waals surface area contributed by atoms with E-state index in [1.54, 1.807) is 0 Å². The van der Waals surface area contributed by atoms with E-state index in [-0.39, 0.29) is 5.41 Å². The van der Waals surface area contributed by atoms with E-state index in [2.05, 4.69) is 33.8 Å². The first kappa shape index (κ1) is 10.6. The molecule has 0 aromatic heterocycles. The molecule has 0 saturated heterocycles. The zero-order valence-corrected chi connectivity index (χ0v) is 10.8. The predicted octanol–water partition coefficient (Wildman–Crippen LogP) is 3.59. The number of rotatable bonds is 0. The summed E-state index contributed by atoms with van der Waals surface area (Å²) in [5, 5.41) is 0. The smallest absolute Gasteiger partial charge is 0.143 e. The highest BCUT2D eigenvalue weighted by Crippen LogP contribution is 2.72. The van der Waals surface area contributed by atoms with Gasteiger partial charge in [0.2, 0.25) is 0 Å². The minimum Gasteiger partial charge on any atom is -0.299 e. The van der Waals surface area contributed by atoms with Crippen LogP contribution in [0.2, 0.25) is 0 Å². The molecule has 0 amide bonds. The Bertz CT molecular complexity index is 390. The van der Waals surface area contributed by atoms with Crippen molar-refractivity contribution in [1.82, 2.24) is 0 Å². The second-order valence-corrected chi connectivity index (χ2v) is 6.96. The number of hydrogen-bond acceptors (Lipinski definition) is 1. The first-order chi connectivity index (χ1) is 7.39. The minimum absolute atomic E-state index is 0.0340. The number of Topliss-reactive ketones (excluding diaryl/α,β-unsaturated/α-hetero) is 1. The molecule has 0 bridgehead atoms. The molecule has 0 spiro atoms. The standard InChI is InChI=1S/C15H22O/c1-9-5-6-11(16)15(4)8-7-10-13(12(9)15)14(10,2)3/h5,10,12-13H,6-8H2,1-4H3/t10-,12+,13-,15-/m0/s1. The molecule has 1 heteroatoms. The van der Waals surface area contributed by atoms with Crippen LogP contribution in [0.15, 0.2) is 11.6 Å². The second-order valence-electron chi connectivity index (χ2n) is 6.96. The van der Waals surface area contributed by atoms with Gasteiger partial charge in [0.25, 0.3) is 0 Å². The van der Waals surface area contributed by atoms with E-state index in [0.29, 0.717) is 23.5 Å². The van der Waals surface area contributed by atoms with E-state index in [0.717, 1.165) is 18.3 Å². The quantitative estimate of drug-likeness (QED) is 0.568. The molecule has 2 saturated carbocycles. The monoisotopic (exact) mass is 218 g/mol. The minimum atomic E-state index is -0.0340. The van der Waals surface area contributed by atoms with Crippen LogP contribution in [-0.2, 0) is 4.79 Å². The lowest BCUT2D eigenvalue weighted by molar-refractivity contribution is -0.132. The Hall–Kier alpha value is -0.590. The van der Waals surface area contributed by atoms with E-state index in [9.17, 15) is 4.79 Å². The third kappa shape index (κ3) is 1.05. The number of carbonyl (C=O) groups excluding carboxylic acids is 1. The van der Waals surface area contributed by atoms with Gasteiger partial charge in [-0.3, -0.25) is 4.79 Å². The fourth-order valence-corrected chi connectivity index (χ4v) is 4.72. The van der Waals surface area contributed by atoms with Crippen molar-refractivity contribution >= 4 is 5.78 Å². The van der Waals surface area contributed by atoms with Crippen LogP contribution in [0.4, 0.5) is 0 Å². The first-order valence-corrected chi connectivity index (χ1v) is 6.59. The van der Waals surface area contributed by atoms with Gasteiger partial charge in [0.05, 0.1) is 0 Å². The van der Waals surface area contributed by atoms with Crippen molar-refractivity contribution in [2.75, 3.05) is 0 Å². The van der Waals surface area contributed by atoms with Crippen molar-refractivity contribution in [2.45, 2.75) is 47.0 Å². The lowest BCUT2D eigenvalue weighted by atomic mass is 9.59. The van der Waals surface area contributed by atoms with E-state index < -0.39 is 0 Å². The van der Waals surface area contributed by atoms with Crippen LogP contribution in [0, 0.1) is 28.6 Å². The maximum absolute atomic E-state index is 12.2. The topological polar surface area (TPSA) is 17.1 Å². The summed E-state index contributed by atoms with van der Waals surface area (Å²) in [4.78, 5) is 12.2. The average molecular weight is 218 g/mol. The van der Waals surface area contributed by atoms with Crippen LogP contribution in [-0.4, -0.2) is 5.78 Å². The van der Waals surface area contributed by atoms with Crippen LogP contribution in [0.3, 0.4) is 0 Å². The molecule has 3 aliphatic rings. The molecule has 0 unspecified atom stereocenters. The summed E-state index contributed by atoms with van der Waals surface area (Å²) in [6, 6.07) is 0. The fraction of sp³-hybridized carbons (Fsp3) is 0.800. The van der Waals surface area contributed by atoms with E-state index in [1.807, 2.05) is 0 Å². The third-order valence-electron chi connectivity index (χ3n) is 5.90. The third-order valence-corrected chi connectivity index (χ3v) is 5.90. The van der Waals surface area contributed by atoms with Crippen molar-refractivity contribution in [1.29, 1.82) is 0 Å². The van der Waals surface area contributed by atoms with E-state index >= 15 is 0 Å². The molecule has 0 aromatic rings. The molecule has 3 rings (SSSR count). The summed E-state index contributed by atoms with van der Waals surface area (Å²) in [7, 11) is 0. The highest BCUT2D eigenvalue weighted by Gasteiger charge is 2.68. The Morgan fingerprint density at radius 1 is 1.31 bits per heavy atom. The highest BCUT2D eigenvalue weighted by atomic mass is 16.1. The molecule has 2 fully saturated rings. The Morgan fingerprint density at radius 2 is 2.00 bits per heavy atom. The zero-order chi connectivity index (χ0) is 11.7. The Labute approximate surface area is 98.3 Å². The van der Waals surface area contributed by atoms with Crippen molar-refractivity contribution in [3.8, 4) is 0 Å². The van der Waals surface area contributed by atoms with Gasteiger partial charge in [0.15, 0.2) is 0 Å². The molecule has 88 valence electrons. The number of hydrogen-bond donors (Lipinski definition) is 0. The SMILES string of the molecule is CC1=CCC(=O)[C@]2(C)CC[C@H]3[C@@H]([C@@H]12)C3(C)C. The summed E-state index contributed by atoms with van der Waals surface area (Å²) >= 11 is 0. The maximum Gasteiger partial charge on any atom is 0.143 e. The number of allylic oxidation sites excluding steroid dienone is 2. The van der Waals surface area contributed by atoms with Gasteiger partial charge in [-0.15, -0.1) is 0 Å². The molecule has 16 heavy (non-hydrogen) atoms. The molecule has 4 atom stereocenters. The summed E-state index contributed by atoms with van der Waals surface area (Å²) in [5.74, 6) is 2.68. The maximum atomic E-state index is 12.2. The number of fused-ring (bicyclic) bond motifs is 3. The van der Waals surface area contributed by atoms with Gasteiger partial charge in [-0.05, 0) is 42.9 Å². The Morgan fingerprint density at radius 3 is 2.69 bits per heavy atom. The summed E-state index contributed by atoms with van der Waals surface area (Å²) in [5.41, 5.74) is 1.94. The van der Waals surface area contributed by atoms with Gasteiger partial charge < -0.3 is 0 Å². The predicted molar refractivity (Wildman–Crippen MR) is 65.0 cm³/mol. The molecule has 0 aromatic carbocycles. The first-order valence-electron chi connectivity index (χ1n) is 6.59. The van der Waals surface area contributed by atoms with Gasteiger partial charge in [-0.2, -0.15) is 0 Å². The van der Waals surface area contributed by atoms with Crippen LogP contribution >= 0.6 is 0 Å². The Balaban J connectivity index is 2.05. The van der Waals surface area contributed by atoms with Gasteiger partial charge in [0.1, 0.15) is 5.78 Å². The van der Waals surface area contributed by atoms with E-state index in [1.165, 1.54) is 12.0 Å². The summed E-state index contributed by atoms with van der Waals surface area (Å²) in [6.07, 6.45) is 5.25. The molecule has 0 aliphatic heterocycles. The molecule has 0 N–H and O–H groups in total. The van der Waals surface area contributed by atoms with Gasteiger partial charge in [-0.25, -0.2) is 0 Å². The molecular formula is C15H22O. The Kier molecular flexibility index (Phi) is 1.85. The van der Waals surface area contributed by atoms with Gasteiger partial charge >= 0.3 is 0 Å². The van der Waals surface area contributed by atoms with Crippen LogP contribution in [0.1, 0.15) is 47.0 Å². The number of carbonyl (C=O) groups is 1. The molecule has 3 aliphatic carbocycles. The summed E-state index contributed by atoms with van der Waals surface area (Å²) < 4.78 is 0. The molecule has 0 heterocycles. The van der Waals surface area contributed by atoms with Crippen molar-refractivity contribution < 1.29 is 4.79 Å².